The average molecular weight is 224 g/mol. The summed E-state index contributed by atoms with van der Waals surface area (Å²) in [5.41, 5.74) is 6.55. The third kappa shape index (κ3) is 3.20. The summed E-state index contributed by atoms with van der Waals surface area (Å²) in [6.07, 6.45) is 1.55. The first-order valence-corrected chi connectivity index (χ1v) is 5.11. The van der Waals surface area contributed by atoms with Gasteiger partial charge in [0, 0.05) is 12.1 Å². The van der Waals surface area contributed by atoms with Crippen molar-refractivity contribution in [2.75, 3.05) is 7.11 Å². The van der Waals surface area contributed by atoms with Gasteiger partial charge in [-0.2, -0.15) is 0 Å². The molecule has 0 amide bonds. The van der Waals surface area contributed by atoms with Crippen molar-refractivity contribution in [3.05, 3.63) is 33.9 Å². The van der Waals surface area contributed by atoms with Crippen molar-refractivity contribution in [1.82, 2.24) is 0 Å². The smallest absolute Gasteiger partial charge is 0.311 e. The first kappa shape index (κ1) is 12.4. The van der Waals surface area contributed by atoms with Gasteiger partial charge in [-0.1, -0.05) is 6.07 Å². The molecule has 0 aliphatic heterocycles. The van der Waals surface area contributed by atoms with Crippen molar-refractivity contribution >= 4 is 5.69 Å². The second-order valence-electron chi connectivity index (χ2n) is 3.78. The Kier molecular flexibility index (Phi) is 4.25. The first-order chi connectivity index (χ1) is 7.54. The van der Waals surface area contributed by atoms with Gasteiger partial charge in [0.25, 0.3) is 0 Å². The lowest BCUT2D eigenvalue weighted by Crippen LogP contribution is -2.15. The highest BCUT2D eigenvalue weighted by atomic mass is 16.6. The Morgan fingerprint density at radius 2 is 2.25 bits per heavy atom. The van der Waals surface area contributed by atoms with Crippen molar-refractivity contribution in [2.45, 2.75) is 25.8 Å². The zero-order valence-electron chi connectivity index (χ0n) is 9.47. The lowest BCUT2D eigenvalue weighted by molar-refractivity contribution is -0.385. The van der Waals surface area contributed by atoms with Crippen LogP contribution in [0.15, 0.2) is 18.2 Å². The number of ether oxygens (including phenoxy) is 1. The highest BCUT2D eigenvalue weighted by Crippen LogP contribution is 2.27. The van der Waals surface area contributed by atoms with Crippen molar-refractivity contribution in [1.29, 1.82) is 0 Å². The predicted molar refractivity (Wildman–Crippen MR) is 61.6 cm³/mol. The fourth-order valence-corrected chi connectivity index (χ4v) is 1.43. The molecule has 0 saturated heterocycles. The zero-order chi connectivity index (χ0) is 12.1. The molecule has 88 valence electrons. The minimum absolute atomic E-state index is 0.00433. The number of benzene rings is 1. The summed E-state index contributed by atoms with van der Waals surface area (Å²) in [6.45, 7) is 1.91. The lowest BCUT2D eigenvalue weighted by atomic mass is 10.1. The maximum absolute atomic E-state index is 10.8. The Labute approximate surface area is 94.4 Å². The highest BCUT2D eigenvalue weighted by molar-refractivity contribution is 5.48. The molecule has 0 bridgehead atoms. The number of rotatable bonds is 5. The van der Waals surface area contributed by atoms with Gasteiger partial charge in [-0.3, -0.25) is 10.1 Å². The van der Waals surface area contributed by atoms with Crippen molar-refractivity contribution in [3.63, 3.8) is 0 Å². The number of hydrogen-bond donors (Lipinski definition) is 1. The van der Waals surface area contributed by atoms with Crippen LogP contribution in [0, 0.1) is 10.1 Å². The number of hydrogen-bond acceptors (Lipinski definition) is 4. The number of nitro groups is 1. The summed E-state index contributed by atoms with van der Waals surface area (Å²) in [4.78, 5) is 10.3. The van der Waals surface area contributed by atoms with Crippen LogP contribution in [0.5, 0.6) is 5.75 Å². The van der Waals surface area contributed by atoms with Gasteiger partial charge in [0.05, 0.1) is 12.0 Å². The Balaban J connectivity index is 2.89. The Hall–Kier alpha value is -1.62. The van der Waals surface area contributed by atoms with Crippen LogP contribution >= 0.6 is 0 Å². The maximum Gasteiger partial charge on any atom is 0.311 e. The van der Waals surface area contributed by atoms with Crippen molar-refractivity contribution in [3.8, 4) is 5.75 Å². The van der Waals surface area contributed by atoms with Gasteiger partial charge in [0.15, 0.2) is 5.75 Å². The van der Waals surface area contributed by atoms with Crippen LogP contribution in [0.25, 0.3) is 0 Å². The van der Waals surface area contributed by atoms with E-state index in [4.69, 9.17) is 10.5 Å². The number of nitrogens with zero attached hydrogens (tertiary/aromatic N) is 1. The van der Waals surface area contributed by atoms with E-state index in [0.29, 0.717) is 0 Å². The number of aryl methyl sites for hydroxylation is 1. The molecule has 1 unspecified atom stereocenters. The lowest BCUT2D eigenvalue weighted by Gasteiger charge is -2.06. The SMILES string of the molecule is COc1ccc(CCC(C)N)cc1[N+](=O)[O-]. The van der Waals surface area contributed by atoms with Gasteiger partial charge in [-0.05, 0) is 31.4 Å². The van der Waals surface area contributed by atoms with E-state index < -0.39 is 4.92 Å². The van der Waals surface area contributed by atoms with E-state index in [9.17, 15) is 10.1 Å². The van der Waals surface area contributed by atoms with E-state index in [1.165, 1.54) is 7.11 Å². The fraction of sp³-hybridized carbons (Fsp3) is 0.455. The van der Waals surface area contributed by atoms with Crippen LogP contribution in [0.2, 0.25) is 0 Å². The molecule has 5 nitrogen and oxygen atoms in total. The van der Waals surface area contributed by atoms with E-state index in [1.807, 2.05) is 13.0 Å². The summed E-state index contributed by atoms with van der Waals surface area (Å²) in [6, 6.07) is 5.09. The molecular formula is C11H16N2O3. The molecular weight excluding hydrogens is 208 g/mol. The van der Waals surface area contributed by atoms with Gasteiger partial charge in [-0.25, -0.2) is 0 Å². The third-order valence-corrected chi connectivity index (χ3v) is 2.33. The number of nitro benzene ring substituents is 1. The van der Waals surface area contributed by atoms with Crippen LogP contribution < -0.4 is 10.5 Å². The summed E-state index contributed by atoms with van der Waals surface area (Å²) in [7, 11) is 1.42. The van der Waals surface area contributed by atoms with Crippen LogP contribution in [-0.4, -0.2) is 18.1 Å². The molecule has 0 aliphatic carbocycles. The Morgan fingerprint density at radius 3 is 2.75 bits per heavy atom. The van der Waals surface area contributed by atoms with E-state index in [0.717, 1.165) is 18.4 Å². The summed E-state index contributed by atoms with van der Waals surface area (Å²) >= 11 is 0. The first-order valence-electron chi connectivity index (χ1n) is 5.11. The predicted octanol–water partition coefficient (Wildman–Crippen LogP) is 1.88. The second-order valence-corrected chi connectivity index (χ2v) is 3.78. The fourth-order valence-electron chi connectivity index (χ4n) is 1.43. The minimum Gasteiger partial charge on any atom is -0.490 e. The summed E-state index contributed by atoms with van der Waals surface area (Å²) in [5.74, 6) is 0.287. The second kappa shape index (κ2) is 5.46. The molecule has 1 rings (SSSR count). The van der Waals surface area contributed by atoms with E-state index in [2.05, 4.69) is 0 Å². The normalized spacial score (nSPS) is 12.2. The van der Waals surface area contributed by atoms with Gasteiger partial charge in [0.2, 0.25) is 0 Å². The third-order valence-electron chi connectivity index (χ3n) is 2.33. The maximum atomic E-state index is 10.8. The number of methoxy groups -OCH3 is 1. The minimum atomic E-state index is -0.436. The van der Waals surface area contributed by atoms with Gasteiger partial charge in [0.1, 0.15) is 0 Å². The molecule has 16 heavy (non-hydrogen) atoms. The molecule has 2 N–H and O–H groups in total. The van der Waals surface area contributed by atoms with Gasteiger partial charge >= 0.3 is 5.69 Å². The molecule has 1 atom stereocenters. The molecule has 5 heteroatoms. The highest BCUT2D eigenvalue weighted by Gasteiger charge is 2.14. The van der Waals surface area contributed by atoms with E-state index in [-0.39, 0.29) is 17.5 Å². The van der Waals surface area contributed by atoms with Crippen LogP contribution in [-0.2, 0) is 6.42 Å². The Morgan fingerprint density at radius 1 is 1.56 bits per heavy atom. The molecule has 0 spiro atoms. The molecule has 1 aromatic carbocycles. The van der Waals surface area contributed by atoms with Gasteiger partial charge in [-0.15, -0.1) is 0 Å². The zero-order valence-corrected chi connectivity index (χ0v) is 9.47. The van der Waals surface area contributed by atoms with Crippen molar-refractivity contribution in [2.24, 2.45) is 5.73 Å². The molecule has 0 fully saturated rings. The molecule has 0 aliphatic rings. The van der Waals surface area contributed by atoms with Crippen LogP contribution in [0.1, 0.15) is 18.9 Å². The largest absolute Gasteiger partial charge is 0.490 e. The quantitative estimate of drug-likeness (QED) is 0.611. The van der Waals surface area contributed by atoms with Gasteiger partial charge < -0.3 is 10.5 Å². The average Bonchev–Trinajstić information content (AvgIpc) is 2.25. The number of nitrogens with two attached hydrogens (primary N) is 1. The monoisotopic (exact) mass is 224 g/mol. The molecule has 0 heterocycles. The van der Waals surface area contributed by atoms with Crippen LogP contribution in [0.3, 0.4) is 0 Å². The molecule has 0 radical (unpaired) electrons. The topological polar surface area (TPSA) is 78.4 Å². The Bertz CT molecular complexity index is 377. The molecule has 1 aromatic rings. The van der Waals surface area contributed by atoms with Crippen LogP contribution in [0.4, 0.5) is 5.69 Å². The molecule has 0 saturated carbocycles. The summed E-state index contributed by atoms with van der Waals surface area (Å²) < 4.78 is 4.92. The molecule has 0 aromatic heterocycles. The standard InChI is InChI=1S/C11H16N2O3/c1-8(12)3-4-9-5-6-11(16-2)10(7-9)13(14)15/h5-8H,3-4,12H2,1-2H3. The van der Waals surface area contributed by atoms with E-state index >= 15 is 0 Å². The van der Waals surface area contributed by atoms with Crippen molar-refractivity contribution < 1.29 is 9.66 Å². The summed E-state index contributed by atoms with van der Waals surface area (Å²) in [5, 5.41) is 10.8. The van der Waals surface area contributed by atoms with E-state index in [1.54, 1.807) is 12.1 Å².